The fraction of sp³-hybridized carbons (Fsp3) is 0.435. The summed E-state index contributed by atoms with van der Waals surface area (Å²) in [6.45, 7) is 5.45. The van der Waals surface area contributed by atoms with Crippen molar-refractivity contribution in [3.8, 4) is 6.07 Å². The molecule has 0 bridgehead atoms. The second kappa shape index (κ2) is 9.81. The lowest BCUT2D eigenvalue weighted by molar-refractivity contribution is 0.0125. The van der Waals surface area contributed by atoms with Gasteiger partial charge in [-0.3, -0.25) is 14.8 Å². The van der Waals surface area contributed by atoms with Gasteiger partial charge in [-0.2, -0.15) is 5.26 Å². The van der Waals surface area contributed by atoms with Gasteiger partial charge in [0, 0.05) is 36.7 Å². The minimum absolute atomic E-state index is 0.124. The maximum Gasteiger partial charge on any atom is 0.410 e. The fourth-order valence-electron chi connectivity index (χ4n) is 3.50. The number of ether oxygens (including phenoxy) is 1. The first-order valence-electron chi connectivity index (χ1n) is 10.6. The Hall–Kier alpha value is -3.74. The van der Waals surface area contributed by atoms with E-state index in [1.54, 1.807) is 39.0 Å². The molecule has 3 N–H and O–H groups in total. The molecule has 9 nitrogen and oxygen atoms in total. The molecule has 1 aliphatic rings. The van der Waals surface area contributed by atoms with E-state index < -0.39 is 29.8 Å². The van der Waals surface area contributed by atoms with E-state index in [9.17, 15) is 14.0 Å². The molecular formula is C23H27FN6O3. The van der Waals surface area contributed by atoms with Crippen molar-refractivity contribution >= 4 is 17.7 Å². The molecule has 3 rings (SSSR count). The smallest absolute Gasteiger partial charge is 0.410 e. The molecule has 1 saturated heterocycles. The Morgan fingerprint density at radius 2 is 2.06 bits per heavy atom. The molecule has 2 amide bonds. The number of nitrogens with zero attached hydrogens (tertiary/aromatic N) is 4. The Balaban J connectivity index is 1.74. The lowest BCUT2D eigenvalue weighted by atomic mass is 10.0. The third-order valence-corrected chi connectivity index (χ3v) is 5.07. The van der Waals surface area contributed by atoms with E-state index >= 15 is 0 Å². The second-order valence-electron chi connectivity index (χ2n) is 8.89. The molecule has 0 radical (unpaired) electrons. The van der Waals surface area contributed by atoms with Crippen LogP contribution in [-0.2, 0) is 11.2 Å². The number of aromatic nitrogens is 2. The Labute approximate surface area is 191 Å². The molecule has 2 aromatic rings. The van der Waals surface area contributed by atoms with Crippen molar-refractivity contribution in [2.45, 2.75) is 51.4 Å². The first-order valence-corrected chi connectivity index (χ1v) is 10.6. The van der Waals surface area contributed by atoms with Gasteiger partial charge in [0.25, 0.3) is 5.91 Å². The molecule has 0 saturated carbocycles. The van der Waals surface area contributed by atoms with E-state index in [-0.39, 0.29) is 12.1 Å². The number of likely N-dealkylation sites (tertiary alicyclic amines) is 1. The molecule has 33 heavy (non-hydrogen) atoms. The van der Waals surface area contributed by atoms with Gasteiger partial charge in [-0.1, -0.05) is 0 Å². The molecule has 174 valence electrons. The minimum Gasteiger partial charge on any atom is -0.444 e. The zero-order chi connectivity index (χ0) is 24.2. The molecule has 2 aromatic heterocycles. The summed E-state index contributed by atoms with van der Waals surface area (Å²) < 4.78 is 20.3. The first kappa shape index (κ1) is 23.9. The van der Waals surface area contributed by atoms with Crippen LogP contribution >= 0.6 is 0 Å². The number of nitrogens with one attached hydrogen (secondary N) is 1. The number of nitriles is 1. The lowest BCUT2D eigenvalue weighted by Gasteiger charge is -2.36. The quantitative estimate of drug-likeness (QED) is 0.709. The second-order valence-corrected chi connectivity index (χ2v) is 8.89. The Bertz CT molecular complexity index is 1080. The highest BCUT2D eigenvalue weighted by atomic mass is 19.1. The predicted octanol–water partition coefficient (Wildman–Crippen LogP) is 2.80. The van der Waals surface area contributed by atoms with Crippen molar-refractivity contribution in [2.24, 2.45) is 5.73 Å². The summed E-state index contributed by atoms with van der Waals surface area (Å²) in [5, 5.41) is 12.1. The molecule has 1 aliphatic heterocycles. The number of alkyl halides is 1. The third-order valence-electron chi connectivity index (χ3n) is 5.07. The van der Waals surface area contributed by atoms with E-state index in [0.29, 0.717) is 42.0 Å². The number of hydrogen-bond donors (Lipinski definition) is 2. The molecule has 0 aromatic carbocycles. The monoisotopic (exact) mass is 454 g/mol. The largest absolute Gasteiger partial charge is 0.444 e. The average Bonchev–Trinajstić information content (AvgIpc) is 2.74. The SMILES string of the molecule is CC(C)(C)OC(=O)N1CC[C@@H](Nc2cc(Cc3cc(C#N)ccn3)ncc2C(N)=O)[C@@H](F)C1. The van der Waals surface area contributed by atoms with Crippen LogP contribution < -0.4 is 11.1 Å². The summed E-state index contributed by atoms with van der Waals surface area (Å²) >= 11 is 0. The Kier molecular flexibility index (Phi) is 7.11. The van der Waals surface area contributed by atoms with Gasteiger partial charge in [0.1, 0.15) is 11.8 Å². The van der Waals surface area contributed by atoms with Gasteiger partial charge in [-0.15, -0.1) is 0 Å². The van der Waals surface area contributed by atoms with Crippen LogP contribution in [0.2, 0.25) is 0 Å². The van der Waals surface area contributed by atoms with Crippen molar-refractivity contribution in [3.05, 3.63) is 53.1 Å². The van der Waals surface area contributed by atoms with Crippen molar-refractivity contribution in [1.82, 2.24) is 14.9 Å². The number of hydrogen-bond acceptors (Lipinski definition) is 7. The topological polar surface area (TPSA) is 134 Å². The predicted molar refractivity (Wildman–Crippen MR) is 119 cm³/mol. The van der Waals surface area contributed by atoms with E-state index in [1.807, 2.05) is 0 Å². The van der Waals surface area contributed by atoms with Crippen LogP contribution in [0.3, 0.4) is 0 Å². The molecule has 0 aliphatic carbocycles. The van der Waals surface area contributed by atoms with Crippen LogP contribution in [0.4, 0.5) is 14.9 Å². The maximum atomic E-state index is 15.0. The van der Waals surface area contributed by atoms with E-state index in [1.165, 1.54) is 17.3 Å². The van der Waals surface area contributed by atoms with Crippen LogP contribution in [0.25, 0.3) is 0 Å². The number of rotatable bonds is 5. The van der Waals surface area contributed by atoms with Gasteiger partial charge in [-0.25, -0.2) is 9.18 Å². The van der Waals surface area contributed by atoms with Gasteiger partial charge < -0.3 is 20.7 Å². The average molecular weight is 455 g/mol. The number of carbonyl (C=O) groups excluding carboxylic acids is 2. The fourth-order valence-corrected chi connectivity index (χ4v) is 3.50. The molecule has 1 fully saturated rings. The van der Waals surface area contributed by atoms with Crippen LogP contribution in [0.5, 0.6) is 0 Å². The summed E-state index contributed by atoms with van der Waals surface area (Å²) in [6, 6.07) is 6.32. The number of primary amides is 1. The Morgan fingerprint density at radius 3 is 2.70 bits per heavy atom. The number of amides is 2. The lowest BCUT2D eigenvalue weighted by Crippen LogP contribution is -2.51. The molecular weight excluding hydrogens is 427 g/mol. The first-order chi connectivity index (χ1) is 15.6. The van der Waals surface area contributed by atoms with Gasteiger partial charge in [0.15, 0.2) is 0 Å². The van der Waals surface area contributed by atoms with Crippen LogP contribution in [0.15, 0.2) is 30.6 Å². The summed E-state index contributed by atoms with van der Waals surface area (Å²) in [4.78, 5) is 34.0. The normalized spacial score (nSPS) is 18.3. The van der Waals surface area contributed by atoms with Crippen LogP contribution in [-0.4, -0.2) is 57.8 Å². The van der Waals surface area contributed by atoms with Gasteiger partial charge in [0.05, 0.1) is 35.5 Å². The number of pyridine rings is 2. The molecule has 2 atom stereocenters. The number of nitrogens with two attached hydrogens (primary N) is 1. The highest BCUT2D eigenvalue weighted by Crippen LogP contribution is 2.24. The van der Waals surface area contributed by atoms with Gasteiger partial charge in [-0.05, 0) is 45.4 Å². The summed E-state index contributed by atoms with van der Waals surface area (Å²) in [6.07, 6.45) is 1.59. The summed E-state index contributed by atoms with van der Waals surface area (Å²) in [5.74, 6) is -0.692. The van der Waals surface area contributed by atoms with Crippen molar-refractivity contribution < 1.29 is 18.7 Å². The standard InChI is InChI=1S/C23H27FN6O3/c1-23(2,3)33-22(32)30-7-5-19(18(24)13-30)29-20-10-16(28-12-17(20)21(26)31)9-15-8-14(11-25)4-6-27-15/h4,6,8,10,12,18-19H,5,7,9,13H2,1-3H3,(H2,26,31)(H,28,29)/t18-,19+/m0/s1. The van der Waals surface area contributed by atoms with Crippen molar-refractivity contribution in [1.29, 1.82) is 5.26 Å². The highest BCUT2D eigenvalue weighted by molar-refractivity contribution is 5.98. The van der Waals surface area contributed by atoms with Gasteiger partial charge >= 0.3 is 6.09 Å². The van der Waals surface area contributed by atoms with Crippen LogP contribution in [0.1, 0.15) is 54.5 Å². The molecule has 0 unspecified atom stereocenters. The highest BCUT2D eigenvalue weighted by Gasteiger charge is 2.34. The number of carbonyl (C=O) groups is 2. The van der Waals surface area contributed by atoms with Crippen molar-refractivity contribution in [2.75, 3.05) is 18.4 Å². The maximum absolute atomic E-state index is 15.0. The van der Waals surface area contributed by atoms with E-state index in [0.717, 1.165) is 0 Å². The summed E-state index contributed by atoms with van der Waals surface area (Å²) in [5.41, 5.74) is 7.01. The number of piperidine rings is 1. The van der Waals surface area contributed by atoms with Gasteiger partial charge in [0.2, 0.25) is 0 Å². The summed E-state index contributed by atoms with van der Waals surface area (Å²) in [7, 11) is 0. The number of halogens is 1. The zero-order valence-corrected chi connectivity index (χ0v) is 18.8. The molecule has 10 heteroatoms. The van der Waals surface area contributed by atoms with E-state index in [4.69, 9.17) is 15.7 Å². The molecule has 0 spiro atoms. The van der Waals surface area contributed by atoms with Crippen LogP contribution in [0, 0.1) is 11.3 Å². The molecule has 3 heterocycles. The van der Waals surface area contributed by atoms with Crippen molar-refractivity contribution in [3.63, 3.8) is 0 Å². The zero-order valence-electron chi connectivity index (χ0n) is 18.8. The Morgan fingerprint density at radius 1 is 1.33 bits per heavy atom. The van der Waals surface area contributed by atoms with E-state index in [2.05, 4.69) is 21.4 Å². The minimum atomic E-state index is -1.38. The third kappa shape index (κ3) is 6.38. The number of anilines is 1.